The summed E-state index contributed by atoms with van der Waals surface area (Å²) in [5.41, 5.74) is 3.37. The average molecular weight is 332 g/mol. The number of likely N-dealkylation sites (tertiary alicyclic amines) is 1. The van der Waals surface area contributed by atoms with Crippen LogP contribution in [-0.2, 0) is 17.8 Å². The van der Waals surface area contributed by atoms with Gasteiger partial charge in [0.2, 0.25) is 0 Å². The highest BCUT2D eigenvalue weighted by atomic mass is 16.5. The SMILES string of the molecule is CCc1[nH]nc(C(=O)N2CCC(n3cc(COC)nn3)CC2)c1C. The first-order valence-corrected chi connectivity index (χ1v) is 8.36. The molecule has 3 heterocycles. The van der Waals surface area contributed by atoms with E-state index in [1.807, 2.05) is 22.7 Å². The Kier molecular flexibility index (Phi) is 4.94. The van der Waals surface area contributed by atoms with Crippen molar-refractivity contribution in [3.05, 3.63) is 28.8 Å². The number of amides is 1. The molecule has 0 aromatic carbocycles. The molecule has 1 aliphatic rings. The van der Waals surface area contributed by atoms with E-state index in [0.29, 0.717) is 25.4 Å². The Morgan fingerprint density at radius 3 is 2.79 bits per heavy atom. The number of piperidine rings is 1. The number of nitrogens with zero attached hydrogens (tertiary/aromatic N) is 5. The Bertz CT molecular complexity index is 699. The highest BCUT2D eigenvalue weighted by Gasteiger charge is 2.27. The number of methoxy groups -OCH3 is 1. The number of aromatic amines is 1. The number of ether oxygens (including phenoxy) is 1. The second-order valence-electron chi connectivity index (χ2n) is 6.18. The summed E-state index contributed by atoms with van der Waals surface area (Å²) in [5, 5.41) is 15.4. The van der Waals surface area contributed by atoms with Crippen LogP contribution in [0.1, 0.15) is 53.2 Å². The van der Waals surface area contributed by atoms with Crippen LogP contribution in [0.2, 0.25) is 0 Å². The summed E-state index contributed by atoms with van der Waals surface area (Å²) in [7, 11) is 1.64. The van der Waals surface area contributed by atoms with Gasteiger partial charge < -0.3 is 9.64 Å². The summed E-state index contributed by atoms with van der Waals surface area (Å²) in [6, 6.07) is 0.277. The fourth-order valence-electron chi connectivity index (χ4n) is 3.18. The first-order valence-electron chi connectivity index (χ1n) is 8.36. The summed E-state index contributed by atoms with van der Waals surface area (Å²) in [6.45, 7) is 5.88. The molecule has 0 radical (unpaired) electrons. The molecule has 1 amide bonds. The Labute approximate surface area is 141 Å². The van der Waals surface area contributed by atoms with Crippen LogP contribution in [0.4, 0.5) is 0 Å². The van der Waals surface area contributed by atoms with Crippen molar-refractivity contribution >= 4 is 5.91 Å². The number of hydrogen-bond donors (Lipinski definition) is 1. The topological polar surface area (TPSA) is 88.9 Å². The molecule has 8 heteroatoms. The molecule has 3 rings (SSSR count). The number of nitrogens with one attached hydrogen (secondary N) is 1. The van der Waals surface area contributed by atoms with Gasteiger partial charge in [-0.3, -0.25) is 9.89 Å². The number of aromatic nitrogens is 5. The normalized spacial score (nSPS) is 15.9. The summed E-state index contributed by atoms with van der Waals surface area (Å²) >= 11 is 0. The fraction of sp³-hybridized carbons (Fsp3) is 0.625. The van der Waals surface area contributed by atoms with Gasteiger partial charge in [0.15, 0.2) is 5.69 Å². The van der Waals surface area contributed by atoms with Crippen molar-refractivity contribution in [3.63, 3.8) is 0 Å². The van der Waals surface area contributed by atoms with Gasteiger partial charge in [-0.1, -0.05) is 12.1 Å². The minimum absolute atomic E-state index is 0.0144. The Morgan fingerprint density at radius 2 is 2.17 bits per heavy atom. The van der Waals surface area contributed by atoms with Gasteiger partial charge in [0.05, 0.1) is 18.8 Å². The third-order valence-corrected chi connectivity index (χ3v) is 4.64. The van der Waals surface area contributed by atoms with Crippen LogP contribution in [0.25, 0.3) is 0 Å². The molecule has 0 bridgehead atoms. The minimum Gasteiger partial charge on any atom is -0.378 e. The van der Waals surface area contributed by atoms with Crippen molar-refractivity contribution in [1.82, 2.24) is 30.1 Å². The Hall–Kier alpha value is -2.22. The molecular formula is C16H24N6O2. The van der Waals surface area contributed by atoms with E-state index >= 15 is 0 Å². The molecule has 0 atom stereocenters. The first kappa shape index (κ1) is 16.6. The molecule has 1 aliphatic heterocycles. The van der Waals surface area contributed by atoms with E-state index in [1.165, 1.54) is 0 Å². The van der Waals surface area contributed by atoms with E-state index in [9.17, 15) is 4.79 Å². The van der Waals surface area contributed by atoms with E-state index < -0.39 is 0 Å². The second-order valence-corrected chi connectivity index (χ2v) is 6.18. The van der Waals surface area contributed by atoms with Crippen LogP contribution in [0, 0.1) is 6.92 Å². The van der Waals surface area contributed by atoms with Crippen molar-refractivity contribution in [2.45, 2.75) is 45.8 Å². The largest absolute Gasteiger partial charge is 0.378 e. The van der Waals surface area contributed by atoms with Gasteiger partial charge in [-0.15, -0.1) is 5.10 Å². The predicted molar refractivity (Wildman–Crippen MR) is 87.6 cm³/mol. The lowest BCUT2D eigenvalue weighted by Gasteiger charge is -2.31. The molecule has 1 fully saturated rings. The molecule has 130 valence electrons. The number of carbonyl (C=O) groups is 1. The van der Waals surface area contributed by atoms with E-state index in [-0.39, 0.29) is 11.9 Å². The lowest BCUT2D eigenvalue weighted by Crippen LogP contribution is -2.39. The van der Waals surface area contributed by atoms with E-state index in [1.54, 1.807) is 7.11 Å². The predicted octanol–water partition coefficient (Wildman–Crippen LogP) is 1.50. The highest BCUT2D eigenvalue weighted by Crippen LogP contribution is 2.23. The van der Waals surface area contributed by atoms with Crippen LogP contribution in [0.15, 0.2) is 6.20 Å². The molecule has 0 spiro atoms. The number of carbonyl (C=O) groups excluding carboxylic acids is 1. The molecule has 2 aromatic heterocycles. The van der Waals surface area contributed by atoms with Gasteiger partial charge in [0.1, 0.15) is 5.69 Å². The Balaban J connectivity index is 1.61. The lowest BCUT2D eigenvalue weighted by molar-refractivity contribution is 0.0682. The van der Waals surface area contributed by atoms with Gasteiger partial charge in [-0.2, -0.15) is 5.10 Å². The third kappa shape index (κ3) is 3.19. The molecule has 8 nitrogen and oxygen atoms in total. The molecule has 2 aromatic rings. The first-order chi connectivity index (χ1) is 11.6. The van der Waals surface area contributed by atoms with Crippen LogP contribution >= 0.6 is 0 Å². The molecule has 1 N–H and O–H groups in total. The molecule has 0 unspecified atom stereocenters. The third-order valence-electron chi connectivity index (χ3n) is 4.64. The number of aryl methyl sites for hydroxylation is 1. The van der Waals surface area contributed by atoms with Crippen LogP contribution in [0.3, 0.4) is 0 Å². The average Bonchev–Trinajstić information content (AvgIpc) is 3.21. The van der Waals surface area contributed by atoms with Crippen LogP contribution in [0.5, 0.6) is 0 Å². The van der Waals surface area contributed by atoms with Crippen molar-refractivity contribution in [3.8, 4) is 0 Å². The van der Waals surface area contributed by atoms with Crippen LogP contribution in [-0.4, -0.2) is 56.2 Å². The van der Waals surface area contributed by atoms with Crippen molar-refractivity contribution in [1.29, 1.82) is 0 Å². The summed E-state index contributed by atoms with van der Waals surface area (Å²) in [5.74, 6) is 0.0144. The summed E-state index contributed by atoms with van der Waals surface area (Å²) in [6.07, 6.45) is 4.51. The van der Waals surface area contributed by atoms with Gasteiger partial charge in [-0.25, -0.2) is 4.68 Å². The standard InChI is InChI=1S/C16H24N6O2/c1-4-14-11(2)15(19-18-14)16(23)21-7-5-13(6-8-21)22-9-12(10-24-3)17-20-22/h9,13H,4-8,10H2,1-3H3,(H,18,19). The molecule has 1 saturated heterocycles. The highest BCUT2D eigenvalue weighted by molar-refractivity contribution is 5.94. The fourth-order valence-corrected chi connectivity index (χ4v) is 3.18. The number of hydrogen-bond acceptors (Lipinski definition) is 5. The zero-order valence-corrected chi connectivity index (χ0v) is 14.4. The zero-order chi connectivity index (χ0) is 17.1. The van der Waals surface area contributed by atoms with Gasteiger partial charge >= 0.3 is 0 Å². The van der Waals surface area contributed by atoms with E-state index in [4.69, 9.17) is 4.74 Å². The van der Waals surface area contributed by atoms with Gasteiger partial charge in [0.25, 0.3) is 5.91 Å². The maximum Gasteiger partial charge on any atom is 0.274 e. The maximum atomic E-state index is 12.7. The summed E-state index contributed by atoms with van der Waals surface area (Å²) in [4.78, 5) is 14.6. The van der Waals surface area contributed by atoms with Crippen molar-refractivity contribution in [2.24, 2.45) is 0 Å². The lowest BCUT2D eigenvalue weighted by atomic mass is 10.0. The summed E-state index contributed by atoms with van der Waals surface area (Å²) < 4.78 is 6.96. The smallest absolute Gasteiger partial charge is 0.274 e. The minimum atomic E-state index is 0.0144. The molecule has 24 heavy (non-hydrogen) atoms. The van der Waals surface area contributed by atoms with Gasteiger partial charge in [-0.05, 0) is 26.2 Å². The molecule has 0 saturated carbocycles. The van der Waals surface area contributed by atoms with Crippen molar-refractivity contribution in [2.75, 3.05) is 20.2 Å². The van der Waals surface area contributed by atoms with Crippen molar-refractivity contribution < 1.29 is 9.53 Å². The van der Waals surface area contributed by atoms with Crippen LogP contribution < -0.4 is 0 Å². The monoisotopic (exact) mass is 332 g/mol. The second kappa shape index (κ2) is 7.12. The van der Waals surface area contributed by atoms with E-state index in [2.05, 4.69) is 27.4 Å². The quantitative estimate of drug-likeness (QED) is 0.896. The molecule has 0 aliphatic carbocycles. The zero-order valence-electron chi connectivity index (χ0n) is 14.4. The Morgan fingerprint density at radius 1 is 1.42 bits per heavy atom. The van der Waals surface area contributed by atoms with E-state index in [0.717, 1.165) is 36.2 Å². The number of H-pyrrole nitrogens is 1. The maximum absolute atomic E-state index is 12.7. The number of rotatable bonds is 5. The van der Waals surface area contributed by atoms with Gasteiger partial charge in [0, 0.05) is 31.5 Å². The molecular weight excluding hydrogens is 308 g/mol.